The highest BCUT2D eigenvalue weighted by atomic mass is 16.7. The van der Waals surface area contributed by atoms with E-state index < -0.39 is 0 Å². The molecule has 1 aromatic rings. The summed E-state index contributed by atoms with van der Waals surface area (Å²) in [6.45, 7) is 5.87. The van der Waals surface area contributed by atoms with Crippen LogP contribution in [0, 0.1) is 0 Å². The van der Waals surface area contributed by atoms with E-state index in [2.05, 4.69) is 19.1 Å². The van der Waals surface area contributed by atoms with Crippen LogP contribution in [0.1, 0.15) is 90.0 Å². The number of carbonyl (C=O) groups excluding carboxylic acids is 1. The van der Waals surface area contributed by atoms with Crippen molar-refractivity contribution in [3.63, 3.8) is 0 Å². The molecule has 0 radical (unpaired) electrons. The highest BCUT2D eigenvalue weighted by Gasteiger charge is 2.29. The number of esters is 1. The molecule has 1 heterocycles. The van der Waals surface area contributed by atoms with Gasteiger partial charge >= 0.3 is 5.97 Å². The molecule has 0 N–H and O–H groups in total. The summed E-state index contributed by atoms with van der Waals surface area (Å²) in [5.74, 6) is -0.113. The van der Waals surface area contributed by atoms with E-state index in [9.17, 15) is 4.79 Å². The van der Waals surface area contributed by atoms with Crippen molar-refractivity contribution in [2.45, 2.75) is 110 Å². The average molecular weight is 435 g/mol. The predicted molar refractivity (Wildman–Crippen MR) is 123 cm³/mol. The Bertz CT molecular complexity index is 576. The average Bonchev–Trinajstić information content (AvgIpc) is 2.77. The molecule has 0 amide bonds. The summed E-state index contributed by atoms with van der Waals surface area (Å²) in [7, 11) is 0. The van der Waals surface area contributed by atoms with Crippen LogP contribution in [0.2, 0.25) is 0 Å². The van der Waals surface area contributed by atoms with Crippen LogP contribution in [0.4, 0.5) is 0 Å². The molecule has 5 heteroatoms. The van der Waals surface area contributed by atoms with Gasteiger partial charge in [-0.2, -0.15) is 0 Å². The molecule has 0 aliphatic carbocycles. The third-order valence-electron chi connectivity index (χ3n) is 5.65. The van der Waals surface area contributed by atoms with Gasteiger partial charge in [0.1, 0.15) is 0 Å². The molecule has 0 unspecified atom stereocenters. The van der Waals surface area contributed by atoms with E-state index in [0.29, 0.717) is 26.2 Å². The van der Waals surface area contributed by atoms with Gasteiger partial charge in [0.25, 0.3) is 0 Å². The number of rotatable bonds is 16. The van der Waals surface area contributed by atoms with Gasteiger partial charge in [0.2, 0.25) is 0 Å². The highest BCUT2D eigenvalue weighted by Crippen LogP contribution is 2.28. The van der Waals surface area contributed by atoms with Crippen LogP contribution in [0.5, 0.6) is 0 Å². The van der Waals surface area contributed by atoms with Crippen molar-refractivity contribution in [1.29, 1.82) is 0 Å². The van der Waals surface area contributed by atoms with Crippen LogP contribution in [0.3, 0.4) is 0 Å². The Kier molecular flexibility index (Phi) is 13.5. The van der Waals surface area contributed by atoms with Gasteiger partial charge in [-0.05, 0) is 44.6 Å². The van der Waals surface area contributed by atoms with E-state index in [1.54, 1.807) is 0 Å². The third kappa shape index (κ3) is 11.7. The Hall–Kier alpha value is -1.43. The van der Waals surface area contributed by atoms with Gasteiger partial charge in [-0.25, -0.2) is 0 Å². The molecule has 31 heavy (non-hydrogen) atoms. The van der Waals surface area contributed by atoms with E-state index in [4.69, 9.17) is 18.9 Å². The minimum atomic E-state index is -0.169. The first-order valence-corrected chi connectivity index (χ1v) is 12.3. The maximum atomic E-state index is 11.6. The van der Waals surface area contributed by atoms with Crippen molar-refractivity contribution in [3.8, 4) is 0 Å². The quantitative estimate of drug-likeness (QED) is 0.229. The second-order valence-electron chi connectivity index (χ2n) is 8.41. The number of carbonyl (C=O) groups is 1. The molecule has 1 saturated heterocycles. The molecule has 2 rings (SSSR count). The van der Waals surface area contributed by atoms with Crippen LogP contribution in [-0.2, 0) is 30.3 Å². The SMILES string of the molecule is CCCCCC[C@@H]1C[C@@H](CCCC(=O)OCC)O[C@H](CCCOCc2ccccc2)O1. The van der Waals surface area contributed by atoms with E-state index in [0.717, 1.165) is 38.5 Å². The summed E-state index contributed by atoms with van der Waals surface area (Å²) in [4.78, 5) is 11.6. The number of hydrogen-bond acceptors (Lipinski definition) is 5. The third-order valence-corrected chi connectivity index (χ3v) is 5.65. The van der Waals surface area contributed by atoms with Crippen molar-refractivity contribution in [1.82, 2.24) is 0 Å². The topological polar surface area (TPSA) is 54.0 Å². The summed E-state index contributed by atoms with van der Waals surface area (Å²) in [5, 5.41) is 0. The van der Waals surface area contributed by atoms with Crippen LogP contribution in [0.25, 0.3) is 0 Å². The van der Waals surface area contributed by atoms with Gasteiger partial charge < -0.3 is 18.9 Å². The number of hydrogen-bond donors (Lipinski definition) is 0. The largest absolute Gasteiger partial charge is 0.466 e. The Labute approximate surface area is 188 Å². The van der Waals surface area contributed by atoms with Crippen LogP contribution in [-0.4, -0.2) is 37.7 Å². The zero-order valence-corrected chi connectivity index (χ0v) is 19.6. The highest BCUT2D eigenvalue weighted by molar-refractivity contribution is 5.69. The van der Waals surface area contributed by atoms with E-state index in [1.807, 2.05) is 25.1 Å². The van der Waals surface area contributed by atoms with E-state index in [1.165, 1.54) is 31.2 Å². The number of benzene rings is 1. The smallest absolute Gasteiger partial charge is 0.305 e. The predicted octanol–water partition coefficient (Wildman–Crippen LogP) is 6.19. The van der Waals surface area contributed by atoms with Crippen molar-refractivity contribution in [2.75, 3.05) is 13.2 Å². The monoisotopic (exact) mass is 434 g/mol. The van der Waals surface area contributed by atoms with Gasteiger partial charge in [-0.1, -0.05) is 62.9 Å². The first-order chi connectivity index (χ1) is 15.2. The van der Waals surface area contributed by atoms with Crippen LogP contribution < -0.4 is 0 Å². The van der Waals surface area contributed by atoms with Gasteiger partial charge in [0, 0.05) is 19.4 Å². The van der Waals surface area contributed by atoms with Gasteiger partial charge in [-0.15, -0.1) is 0 Å². The first-order valence-electron chi connectivity index (χ1n) is 12.3. The number of ether oxygens (including phenoxy) is 4. The zero-order valence-electron chi connectivity index (χ0n) is 19.6. The van der Waals surface area contributed by atoms with Gasteiger partial charge in [0.15, 0.2) is 6.29 Å². The Balaban J connectivity index is 1.71. The molecule has 0 aromatic heterocycles. The molecule has 0 saturated carbocycles. The summed E-state index contributed by atoms with van der Waals surface area (Å²) < 4.78 is 23.3. The summed E-state index contributed by atoms with van der Waals surface area (Å²) in [6, 6.07) is 10.2. The zero-order chi connectivity index (χ0) is 22.2. The lowest BCUT2D eigenvalue weighted by atomic mass is 9.99. The van der Waals surface area contributed by atoms with Crippen LogP contribution >= 0.6 is 0 Å². The van der Waals surface area contributed by atoms with Crippen molar-refractivity contribution >= 4 is 5.97 Å². The molecule has 1 aliphatic rings. The normalized spacial score (nSPS) is 21.2. The Morgan fingerprint density at radius 2 is 1.68 bits per heavy atom. The number of unbranched alkanes of at least 4 members (excludes halogenated alkanes) is 3. The molecule has 1 fully saturated rings. The molecule has 0 bridgehead atoms. The van der Waals surface area contributed by atoms with Crippen molar-refractivity contribution < 1.29 is 23.7 Å². The molecule has 0 spiro atoms. The maximum absolute atomic E-state index is 11.6. The molecular weight excluding hydrogens is 392 g/mol. The molecule has 3 atom stereocenters. The molecule has 5 nitrogen and oxygen atoms in total. The molecular formula is C26H42O5. The second kappa shape index (κ2) is 16.2. The summed E-state index contributed by atoms with van der Waals surface area (Å²) >= 11 is 0. The van der Waals surface area contributed by atoms with Crippen LogP contribution in [0.15, 0.2) is 30.3 Å². The van der Waals surface area contributed by atoms with E-state index in [-0.39, 0.29) is 24.5 Å². The summed E-state index contributed by atoms with van der Waals surface area (Å²) in [6.07, 6.45) is 11.2. The lowest BCUT2D eigenvalue weighted by Crippen LogP contribution is -2.38. The van der Waals surface area contributed by atoms with Gasteiger partial charge in [-0.3, -0.25) is 4.79 Å². The van der Waals surface area contributed by atoms with Gasteiger partial charge in [0.05, 0.1) is 25.4 Å². The lowest BCUT2D eigenvalue weighted by molar-refractivity contribution is -0.248. The van der Waals surface area contributed by atoms with E-state index >= 15 is 0 Å². The Morgan fingerprint density at radius 1 is 0.935 bits per heavy atom. The fourth-order valence-electron chi connectivity index (χ4n) is 4.00. The minimum absolute atomic E-state index is 0.113. The fraction of sp³-hybridized carbons (Fsp3) is 0.731. The van der Waals surface area contributed by atoms with Crippen molar-refractivity contribution in [3.05, 3.63) is 35.9 Å². The maximum Gasteiger partial charge on any atom is 0.305 e. The second-order valence-corrected chi connectivity index (χ2v) is 8.41. The Morgan fingerprint density at radius 3 is 2.39 bits per heavy atom. The fourth-order valence-corrected chi connectivity index (χ4v) is 4.00. The first kappa shape index (κ1) is 25.8. The molecule has 1 aromatic carbocycles. The lowest BCUT2D eigenvalue weighted by Gasteiger charge is -2.36. The minimum Gasteiger partial charge on any atom is -0.466 e. The summed E-state index contributed by atoms with van der Waals surface area (Å²) in [5.41, 5.74) is 1.20. The molecule has 1 aliphatic heterocycles. The standard InChI is InChI=1S/C26H42O5/c1-3-5-6-10-15-23-20-24(16-11-17-25(27)29-4-2)31-26(30-23)18-12-19-28-21-22-13-8-7-9-14-22/h7-9,13-14,23-24,26H,3-6,10-12,15-21H2,1-2H3/t23-,24-,26-/m1/s1. The molecule has 176 valence electrons. The van der Waals surface area contributed by atoms with Crippen molar-refractivity contribution in [2.24, 2.45) is 0 Å².